The Kier molecular flexibility index (Phi) is 3.91. The third-order valence-electron chi connectivity index (χ3n) is 2.17. The van der Waals surface area contributed by atoms with Gasteiger partial charge in [0.15, 0.2) is 5.82 Å². The molecule has 1 aromatic carbocycles. The second kappa shape index (κ2) is 5.62. The molecule has 2 N–H and O–H groups in total. The zero-order chi connectivity index (χ0) is 13.8. The molecule has 7 heteroatoms. The Hall–Kier alpha value is -2.21. The van der Waals surface area contributed by atoms with Crippen molar-refractivity contribution < 1.29 is 13.6 Å². The van der Waals surface area contributed by atoms with Crippen LogP contribution < -0.4 is 10.6 Å². The number of amides is 2. The van der Waals surface area contributed by atoms with Crippen molar-refractivity contribution in [2.45, 2.75) is 0 Å². The summed E-state index contributed by atoms with van der Waals surface area (Å²) in [6.07, 6.45) is 1.44. The summed E-state index contributed by atoms with van der Waals surface area (Å²) >= 11 is 5.79. The van der Waals surface area contributed by atoms with Crippen molar-refractivity contribution in [3.05, 3.63) is 53.2 Å². The fourth-order valence-electron chi connectivity index (χ4n) is 1.33. The van der Waals surface area contributed by atoms with E-state index in [-0.39, 0.29) is 16.5 Å². The minimum Gasteiger partial charge on any atom is -0.305 e. The summed E-state index contributed by atoms with van der Waals surface area (Å²) in [7, 11) is 0. The van der Waals surface area contributed by atoms with Gasteiger partial charge in [-0.15, -0.1) is 0 Å². The lowest BCUT2D eigenvalue weighted by Gasteiger charge is -2.08. The highest BCUT2D eigenvalue weighted by Crippen LogP contribution is 2.19. The Morgan fingerprint density at radius 3 is 2.68 bits per heavy atom. The van der Waals surface area contributed by atoms with Crippen molar-refractivity contribution in [2.75, 3.05) is 10.6 Å². The number of pyridine rings is 1. The second-order valence-electron chi connectivity index (χ2n) is 3.54. The van der Waals surface area contributed by atoms with Gasteiger partial charge in [-0.05, 0) is 24.3 Å². The molecule has 19 heavy (non-hydrogen) atoms. The van der Waals surface area contributed by atoms with E-state index in [1.807, 2.05) is 0 Å². The zero-order valence-corrected chi connectivity index (χ0v) is 10.2. The van der Waals surface area contributed by atoms with E-state index in [0.29, 0.717) is 6.07 Å². The zero-order valence-electron chi connectivity index (χ0n) is 9.45. The number of carbonyl (C=O) groups excluding carboxylic acids is 1. The summed E-state index contributed by atoms with van der Waals surface area (Å²) < 4.78 is 26.0. The maximum Gasteiger partial charge on any atom is 0.324 e. The number of anilines is 2. The predicted octanol–water partition coefficient (Wildman–Crippen LogP) is 3.66. The van der Waals surface area contributed by atoms with E-state index >= 15 is 0 Å². The molecule has 2 aromatic rings. The fourth-order valence-corrected chi connectivity index (χ4v) is 1.50. The summed E-state index contributed by atoms with van der Waals surface area (Å²) in [5, 5.41) is 4.82. The van der Waals surface area contributed by atoms with E-state index in [1.54, 1.807) is 12.1 Å². The number of hydrogen-bond acceptors (Lipinski definition) is 2. The van der Waals surface area contributed by atoms with Crippen LogP contribution in [0.15, 0.2) is 36.5 Å². The third kappa shape index (κ3) is 3.38. The van der Waals surface area contributed by atoms with Gasteiger partial charge < -0.3 is 5.32 Å². The quantitative estimate of drug-likeness (QED) is 0.884. The summed E-state index contributed by atoms with van der Waals surface area (Å²) in [5.74, 6) is -1.46. The Morgan fingerprint density at radius 2 is 2.00 bits per heavy atom. The van der Waals surface area contributed by atoms with Crippen LogP contribution in [0.5, 0.6) is 0 Å². The van der Waals surface area contributed by atoms with Gasteiger partial charge in [0.2, 0.25) is 0 Å². The summed E-state index contributed by atoms with van der Waals surface area (Å²) in [6.45, 7) is 0. The Balaban J connectivity index is 2.08. The predicted molar refractivity (Wildman–Crippen MR) is 68.2 cm³/mol. The topological polar surface area (TPSA) is 54.0 Å². The molecule has 2 amide bonds. The van der Waals surface area contributed by atoms with Crippen LogP contribution in [0.4, 0.5) is 25.1 Å². The molecule has 0 atom stereocenters. The molecular weight excluding hydrogens is 276 g/mol. The Bertz CT molecular complexity index is 622. The lowest BCUT2D eigenvalue weighted by atomic mass is 10.3. The molecule has 0 fully saturated rings. The molecule has 0 saturated carbocycles. The standard InChI is InChI=1S/C12H8ClF2N3O/c13-8-2-1-5-16-11(8)18-12(19)17-10-4-3-7(14)6-9(10)15/h1-6H,(H2,16,17,18,19). The fraction of sp³-hybridized carbons (Fsp3) is 0. The largest absolute Gasteiger partial charge is 0.324 e. The maximum absolute atomic E-state index is 13.3. The molecule has 0 unspecified atom stereocenters. The van der Waals surface area contributed by atoms with Gasteiger partial charge in [-0.1, -0.05) is 11.6 Å². The molecule has 0 radical (unpaired) electrons. The highest BCUT2D eigenvalue weighted by molar-refractivity contribution is 6.33. The Morgan fingerprint density at radius 1 is 1.21 bits per heavy atom. The first kappa shape index (κ1) is 13.2. The van der Waals surface area contributed by atoms with Gasteiger partial charge in [0.25, 0.3) is 0 Å². The maximum atomic E-state index is 13.3. The highest BCUT2D eigenvalue weighted by Gasteiger charge is 2.09. The highest BCUT2D eigenvalue weighted by atomic mass is 35.5. The minimum atomic E-state index is -0.873. The minimum absolute atomic E-state index is 0.143. The number of rotatable bonds is 2. The number of nitrogens with zero attached hydrogens (tertiary/aromatic N) is 1. The number of nitrogens with one attached hydrogen (secondary N) is 2. The number of halogens is 3. The van der Waals surface area contributed by atoms with Crippen LogP contribution in [-0.4, -0.2) is 11.0 Å². The molecule has 0 saturated heterocycles. The first-order chi connectivity index (χ1) is 9.06. The average Bonchev–Trinajstić information content (AvgIpc) is 2.36. The molecule has 98 valence electrons. The number of aromatic nitrogens is 1. The van der Waals surface area contributed by atoms with Crippen LogP contribution in [0.25, 0.3) is 0 Å². The normalized spacial score (nSPS) is 10.1. The summed E-state index contributed by atoms with van der Waals surface area (Å²) in [5.41, 5.74) is -0.147. The summed E-state index contributed by atoms with van der Waals surface area (Å²) in [6, 6.07) is 5.24. The van der Waals surface area contributed by atoms with Crippen LogP contribution in [0.2, 0.25) is 5.02 Å². The summed E-state index contributed by atoms with van der Waals surface area (Å²) in [4.78, 5) is 15.4. The van der Waals surface area contributed by atoms with Gasteiger partial charge in [-0.2, -0.15) is 0 Å². The first-order valence-electron chi connectivity index (χ1n) is 5.20. The van der Waals surface area contributed by atoms with Crippen molar-refractivity contribution in [3.63, 3.8) is 0 Å². The van der Waals surface area contributed by atoms with Crippen LogP contribution in [0.3, 0.4) is 0 Å². The molecular formula is C12H8ClF2N3O. The Labute approximate surface area is 112 Å². The van der Waals surface area contributed by atoms with E-state index in [1.165, 1.54) is 6.20 Å². The number of urea groups is 1. The molecule has 1 heterocycles. The van der Waals surface area contributed by atoms with E-state index < -0.39 is 17.7 Å². The molecule has 4 nitrogen and oxygen atoms in total. The SMILES string of the molecule is O=C(Nc1ccc(F)cc1F)Nc1ncccc1Cl. The molecule has 0 bridgehead atoms. The van der Waals surface area contributed by atoms with Gasteiger partial charge in [0.1, 0.15) is 11.6 Å². The molecule has 0 aliphatic carbocycles. The van der Waals surface area contributed by atoms with E-state index in [9.17, 15) is 13.6 Å². The smallest absolute Gasteiger partial charge is 0.305 e. The van der Waals surface area contributed by atoms with Crippen molar-refractivity contribution in [2.24, 2.45) is 0 Å². The van der Waals surface area contributed by atoms with E-state index in [4.69, 9.17) is 11.6 Å². The van der Waals surface area contributed by atoms with Crippen LogP contribution in [-0.2, 0) is 0 Å². The molecule has 1 aromatic heterocycles. The van der Waals surface area contributed by atoms with Crippen LogP contribution >= 0.6 is 11.6 Å². The monoisotopic (exact) mass is 283 g/mol. The lowest BCUT2D eigenvalue weighted by Crippen LogP contribution is -2.21. The van der Waals surface area contributed by atoms with Crippen molar-refractivity contribution in [1.29, 1.82) is 0 Å². The van der Waals surface area contributed by atoms with Crippen molar-refractivity contribution >= 4 is 29.1 Å². The first-order valence-corrected chi connectivity index (χ1v) is 5.57. The van der Waals surface area contributed by atoms with Gasteiger partial charge in [0, 0.05) is 12.3 Å². The average molecular weight is 284 g/mol. The van der Waals surface area contributed by atoms with Gasteiger partial charge in [-0.3, -0.25) is 5.32 Å². The van der Waals surface area contributed by atoms with Gasteiger partial charge in [-0.25, -0.2) is 18.6 Å². The van der Waals surface area contributed by atoms with Crippen LogP contribution in [0, 0.1) is 11.6 Å². The number of benzene rings is 1. The second-order valence-corrected chi connectivity index (χ2v) is 3.94. The van der Waals surface area contributed by atoms with Crippen LogP contribution in [0.1, 0.15) is 0 Å². The van der Waals surface area contributed by atoms with Gasteiger partial charge >= 0.3 is 6.03 Å². The molecule has 2 rings (SSSR count). The van der Waals surface area contributed by atoms with E-state index in [2.05, 4.69) is 15.6 Å². The molecule has 0 spiro atoms. The number of carbonyl (C=O) groups is 1. The van der Waals surface area contributed by atoms with E-state index in [0.717, 1.165) is 12.1 Å². The van der Waals surface area contributed by atoms with Crippen molar-refractivity contribution in [1.82, 2.24) is 4.98 Å². The van der Waals surface area contributed by atoms with Gasteiger partial charge in [0.05, 0.1) is 10.7 Å². The molecule has 0 aliphatic heterocycles. The third-order valence-corrected chi connectivity index (χ3v) is 2.47. The van der Waals surface area contributed by atoms with Crippen molar-refractivity contribution in [3.8, 4) is 0 Å². The lowest BCUT2D eigenvalue weighted by molar-refractivity contribution is 0.262. The number of hydrogen-bond donors (Lipinski definition) is 2. The molecule has 0 aliphatic rings.